The van der Waals surface area contributed by atoms with E-state index in [0.717, 1.165) is 18.2 Å². The molecule has 2 saturated carbocycles. The summed E-state index contributed by atoms with van der Waals surface area (Å²) < 4.78 is 5.45. The van der Waals surface area contributed by atoms with E-state index in [9.17, 15) is 0 Å². The highest BCUT2D eigenvalue weighted by molar-refractivity contribution is 5.19. The van der Waals surface area contributed by atoms with Crippen LogP contribution in [-0.4, -0.2) is 6.04 Å². The summed E-state index contributed by atoms with van der Waals surface area (Å²) in [4.78, 5) is 0. The highest BCUT2D eigenvalue weighted by Gasteiger charge is 2.58. The summed E-state index contributed by atoms with van der Waals surface area (Å²) in [5.41, 5.74) is 0.788. The summed E-state index contributed by atoms with van der Waals surface area (Å²) in [6.07, 6.45) is 4.06. The average molecular weight is 258 g/mol. The SMILES string of the molecule is CC12CCC(C1)C(C)(C)C2NCc1ccc(C#N)o1. The minimum atomic E-state index is 0.359. The minimum Gasteiger partial charge on any atom is -0.449 e. The molecule has 0 saturated heterocycles. The summed E-state index contributed by atoms with van der Waals surface area (Å²) in [5.74, 6) is 2.11. The van der Waals surface area contributed by atoms with Gasteiger partial charge in [0, 0.05) is 6.04 Å². The van der Waals surface area contributed by atoms with Crippen molar-refractivity contribution in [2.75, 3.05) is 0 Å². The van der Waals surface area contributed by atoms with E-state index in [0.29, 0.717) is 22.6 Å². The van der Waals surface area contributed by atoms with Crippen LogP contribution in [0, 0.1) is 28.1 Å². The molecule has 2 bridgehead atoms. The molecular formula is C16H22N2O. The standard InChI is InChI=1S/C16H22N2O/c1-15(2)11-6-7-16(3,8-11)14(15)18-10-13-5-4-12(9-17)19-13/h4-5,11,14,18H,6-8,10H2,1-3H3. The zero-order valence-electron chi connectivity index (χ0n) is 12.0. The second kappa shape index (κ2) is 4.11. The zero-order valence-corrected chi connectivity index (χ0v) is 12.0. The van der Waals surface area contributed by atoms with Gasteiger partial charge < -0.3 is 9.73 Å². The molecule has 1 heterocycles. The van der Waals surface area contributed by atoms with Crippen LogP contribution in [0.5, 0.6) is 0 Å². The number of hydrogen-bond acceptors (Lipinski definition) is 3. The molecule has 2 fully saturated rings. The molecule has 0 spiro atoms. The Morgan fingerprint density at radius 3 is 2.79 bits per heavy atom. The Morgan fingerprint density at radius 1 is 1.42 bits per heavy atom. The largest absolute Gasteiger partial charge is 0.449 e. The van der Waals surface area contributed by atoms with Crippen molar-refractivity contribution in [1.82, 2.24) is 5.32 Å². The Morgan fingerprint density at radius 2 is 2.21 bits per heavy atom. The fraction of sp³-hybridized carbons (Fsp3) is 0.688. The Labute approximate surface area is 115 Å². The molecule has 2 aliphatic rings. The topological polar surface area (TPSA) is 49.0 Å². The molecular weight excluding hydrogens is 236 g/mol. The maximum Gasteiger partial charge on any atom is 0.203 e. The molecule has 1 aromatic rings. The van der Waals surface area contributed by atoms with Crippen molar-refractivity contribution in [3.8, 4) is 6.07 Å². The first-order valence-corrected chi connectivity index (χ1v) is 7.18. The van der Waals surface area contributed by atoms with Crippen LogP contribution in [-0.2, 0) is 6.54 Å². The van der Waals surface area contributed by atoms with E-state index in [4.69, 9.17) is 9.68 Å². The molecule has 0 radical (unpaired) electrons. The molecule has 2 aliphatic carbocycles. The van der Waals surface area contributed by atoms with E-state index >= 15 is 0 Å². The van der Waals surface area contributed by atoms with Crippen LogP contribution in [0.25, 0.3) is 0 Å². The van der Waals surface area contributed by atoms with Gasteiger partial charge in [0.05, 0.1) is 6.54 Å². The Bertz CT molecular complexity index is 520. The number of fused-ring (bicyclic) bond motifs is 2. The van der Waals surface area contributed by atoms with Crippen molar-refractivity contribution in [3.05, 3.63) is 23.7 Å². The normalized spacial score (nSPS) is 35.5. The molecule has 1 N–H and O–H groups in total. The van der Waals surface area contributed by atoms with Crippen LogP contribution in [0.3, 0.4) is 0 Å². The van der Waals surface area contributed by atoms with Gasteiger partial charge in [-0.2, -0.15) is 5.26 Å². The second-order valence-corrected chi connectivity index (χ2v) is 7.11. The van der Waals surface area contributed by atoms with Crippen LogP contribution in [0.15, 0.2) is 16.5 Å². The second-order valence-electron chi connectivity index (χ2n) is 7.11. The lowest BCUT2D eigenvalue weighted by Crippen LogP contribution is -2.49. The maximum atomic E-state index is 8.78. The highest BCUT2D eigenvalue weighted by Crippen LogP contribution is 2.62. The zero-order chi connectivity index (χ0) is 13.7. The number of furan rings is 1. The van der Waals surface area contributed by atoms with E-state index in [1.165, 1.54) is 19.3 Å². The molecule has 3 atom stereocenters. The van der Waals surface area contributed by atoms with Crippen LogP contribution in [0.2, 0.25) is 0 Å². The van der Waals surface area contributed by atoms with Crippen molar-refractivity contribution in [2.45, 2.75) is 52.6 Å². The summed E-state index contributed by atoms with van der Waals surface area (Å²) in [6.45, 7) is 7.92. The Balaban J connectivity index is 1.71. The predicted octanol–water partition coefficient (Wildman–Crippen LogP) is 3.46. The predicted molar refractivity (Wildman–Crippen MR) is 73.3 cm³/mol. The Hall–Kier alpha value is -1.27. The van der Waals surface area contributed by atoms with Crippen molar-refractivity contribution in [2.24, 2.45) is 16.7 Å². The third kappa shape index (κ3) is 1.90. The number of hydrogen-bond donors (Lipinski definition) is 1. The van der Waals surface area contributed by atoms with Crippen LogP contribution >= 0.6 is 0 Å². The molecule has 0 aromatic carbocycles. The molecule has 3 nitrogen and oxygen atoms in total. The van der Waals surface area contributed by atoms with Gasteiger partial charge in [-0.1, -0.05) is 20.8 Å². The monoisotopic (exact) mass is 258 g/mol. The van der Waals surface area contributed by atoms with Gasteiger partial charge in [0.15, 0.2) is 0 Å². The van der Waals surface area contributed by atoms with Crippen LogP contribution < -0.4 is 5.32 Å². The van der Waals surface area contributed by atoms with Gasteiger partial charge in [-0.25, -0.2) is 0 Å². The van der Waals surface area contributed by atoms with Crippen molar-refractivity contribution in [3.63, 3.8) is 0 Å². The van der Waals surface area contributed by atoms with Gasteiger partial charge >= 0.3 is 0 Å². The molecule has 3 heteroatoms. The fourth-order valence-electron chi connectivity index (χ4n) is 4.55. The van der Waals surface area contributed by atoms with E-state index in [-0.39, 0.29) is 0 Å². The molecule has 3 unspecified atom stereocenters. The third-order valence-corrected chi connectivity index (χ3v) is 5.52. The lowest BCUT2D eigenvalue weighted by atomic mass is 9.68. The van der Waals surface area contributed by atoms with E-state index in [1.54, 1.807) is 6.07 Å². The summed E-state index contributed by atoms with van der Waals surface area (Å²) in [5, 5.41) is 12.5. The number of nitrogens with zero attached hydrogens (tertiary/aromatic N) is 1. The van der Waals surface area contributed by atoms with E-state index in [2.05, 4.69) is 26.1 Å². The van der Waals surface area contributed by atoms with Gasteiger partial charge in [0.2, 0.25) is 5.76 Å². The highest BCUT2D eigenvalue weighted by atomic mass is 16.3. The molecule has 0 amide bonds. The smallest absolute Gasteiger partial charge is 0.203 e. The molecule has 19 heavy (non-hydrogen) atoms. The molecule has 1 aromatic heterocycles. The number of nitriles is 1. The third-order valence-electron chi connectivity index (χ3n) is 5.52. The molecule has 0 aliphatic heterocycles. The first-order chi connectivity index (χ1) is 8.95. The Kier molecular flexibility index (Phi) is 2.76. The van der Waals surface area contributed by atoms with Crippen molar-refractivity contribution >= 4 is 0 Å². The van der Waals surface area contributed by atoms with Crippen LogP contribution in [0.4, 0.5) is 0 Å². The number of rotatable bonds is 3. The van der Waals surface area contributed by atoms with E-state index < -0.39 is 0 Å². The summed E-state index contributed by atoms with van der Waals surface area (Å²) >= 11 is 0. The average Bonchev–Trinajstić information content (AvgIpc) is 2.99. The van der Waals surface area contributed by atoms with Crippen molar-refractivity contribution < 1.29 is 4.42 Å². The first kappa shape index (κ1) is 12.7. The van der Waals surface area contributed by atoms with Gasteiger partial charge in [-0.3, -0.25) is 0 Å². The van der Waals surface area contributed by atoms with Gasteiger partial charge in [-0.15, -0.1) is 0 Å². The van der Waals surface area contributed by atoms with Gasteiger partial charge in [-0.05, 0) is 48.1 Å². The summed E-state index contributed by atoms with van der Waals surface area (Å²) in [6, 6.07) is 6.21. The van der Waals surface area contributed by atoms with Crippen LogP contribution in [0.1, 0.15) is 51.6 Å². The van der Waals surface area contributed by atoms with Gasteiger partial charge in [0.1, 0.15) is 11.8 Å². The lowest BCUT2D eigenvalue weighted by molar-refractivity contribution is 0.106. The summed E-state index contributed by atoms with van der Waals surface area (Å²) in [7, 11) is 0. The lowest BCUT2D eigenvalue weighted by Gasteiger charge is -2.43. The minimum absolute atomic E-state index is 0.359. The molecule has 102 valence electrons. The maximum absolute atomic E-state index is 8.78. The first-order valence-electron chi connectivity index (χ1n) is 7.18. The van der Waals surface area contributed by atoms with Gasteiger partial charge in [0.25, 0.3) is 0 Å². The molecule has 3 rings (SSSR count). The van der Waals surface area contributed by atoms with Crippen molar-refractivity contribution in [1.29, 1.82) is 5.26 Å². The quantitative estimate of drug-likeness (QED) is 0.903. The fourth-order valence-corrected chi connectivity index (χ4v) is 4.55. The van der Waals surface area contributed by atoms with E-state index in [1.807, 2.05) is 12.1 Å². The number of nitrogens with one attached hydrogen (secondary N) is 1.